The van der Waals surface area contributed by atoms with Crippen molar-refractivity contribution >= 4 is 0 Å². The molecule has 0 atom stereocenters. The van der Waals surface area contributed by atoms with E-state index in [1.54, 1.807) is 0 Å². The molecule has 3 heteroatoms. The van der Waals surface area contributed by atoms with E-state index in [9.17, 15) is 0 Å². The maximum Gasteiger partial charge on any atom is 0.143 e. The standard InChI is InChI=1S/C9H12N2O/c1-2-6(1)9-7-3-4-10-5-8(7)11-12-9/h6,10H,1-5H2. The maximum absolute atomic E-state index is 5.35. The van der Waals surface area contributed by atoms with Crippen LogP contribution in [0.15, 0.2) is 4.52 Å². The van der Waals surface area contributed by atoms with Crippen molar-refractivity contribution in [2.45, 2.75) is 31.7 Å². The topological polar surface area (TPSA) is 38.1 Å². The lowest BCUT2D eigenvalue weighted by molar-refractivity contribution is 0.377. The molecule has 2 aliphatic rings. The minimum absolute atomic E-state index is 0.708. The summed E-state index contributed by atoms with van der Waals surface area (Å²) in [4.78, 5) is 0. The predicted molar refractivity (Wildman–Crippen MR) is 43.9 cm³/mol. The van der Waals surface area contributed by atoms with Crippen molar-refractivity contribution in [2.24, 2.45) is 0 Å². The van der Waals surface area contributed by atoms with Crippen molar-refractivity contribution in [1.82, 2.24) is 10.5 Å². The summed E-state index contributed by atoms with van der Waals surface area (Å²) in [5, 5.41) is 7.37. The summed E-state index contributed by atoms with van der Waals surface area (Å²) in [5.41, 5.74) is 2.54. The molecular formula is C9H12N2O. The summed E-state index contributed by atoms with van der Waals surface area (Å²) < 4.78 is 5.35. The molecule has 1 aliphatic heterocycles. The Bertz CT molecular complexity index is 301. The SMILES string of the molecule is C1Cc2c(noc2C2CC2)CN1. The van der Waals surface area contributed by atoms with Crippen LogP contribution in [0.1, 0.15) is 35.8 Å². The normalized spacial score (nSPS) is 22.3. The highest BCUT2D eigenvalue weighted by Crippen LogP contribution is 2.42. The van der Waals surface area contributed by atoms with Gasteiger partial charge >= 0.3 is 0 Å². The molecule has 0 radical (unpaired) electrons. The molecule has 1 aromatic rings. The van der Waals surface area contributed by atoms with Crippen LogP contribution >= 0.6 is 0 Å². The molecule has 1 aromatic heterocycles. The molecule has 0 unspecified atom stereocenters. The third-order valence-electron chi connectivity index (χ3n) is 2.69. The van der Waals surface area contributed by atoms with Gasteiger partial charge in [-0.15, -0.1) is 0 Å². The smallest absolute Gasteiger partial charge is 0.143 e. The van der Waals surface area contributed by atoms with Crippen LogP contribution in [0.25, 0.3) is 0 Å². The molecule has 1 N–H and O–H groups in total. The minimum Gasteiger partial charge on any atom is -0.360 e. The number of nitrogens with one attached hydrogen (secondary N) is 1. The lowest BCUT2D eigenvalue weighted by Crippen LogP contribution is -2.23. The van der Waals surface area contributed by atoms with E-state index in [2.05, 4.69) is 10.5 Å². The van der Waals surface area contributed by atoms with Gasteiger partial charge in [-0.3, -0.25) is 0 Å². The van der Waals surface area contributed by atoms with Gasteiger partial charge in [0, 0.05) is 18.0 Å². The molecule has 12 heavy (non-hydrogen) atoms. The highest BCUT2D eigenvalue weighted by molar-refractivity contribution is 5.30. The Labute approximate surface area is 71.1 Å². The van der Waals surface area contributed by atoms with E-state index < -0.39 is 0 Å². The van der Waals surface area contributed by atoms with Crippen LogP contribution in [-0.2, 0) is 13.0 Å². The van der Waals surface area contributed by atoms with Crippen LogP contribution in [0, 0.1) is 0 Å². The Morgan fingerprint density at radius 3 is 3.17 bits per heavy atom. The van der Waals surface area contributed by atoms with Crippen molar-refractivity contribution in [1.29, 1.82) is 0 Å². The highest BCUT2D eigenvalue weighted by atomic mass is 16.5. The van der Waals surface area contributed by atoms with Crippen LogP contribution in [0.5, 0.6) is 0 Å². The second-order valence-corrected chi connectivity index (χ2v) is 3.67. The van der Waals surface area contributed by atoms with Gasteiger partial charge in [0.2, 0.25) is 0 Å². The van der Waals surface area contributed by atoms with Gasteiger partial charge in [0.1, 0.15) is 11.5 Å². The van der Waals surface area contributed by atoms with Crippen molar-refractivity contribution < 1.29 is 4.52 Å². The molecule has 2 heterocycles. The molecule has 1 saturated carbocycles. The van der Waals surface area contributed by atoms with Gasteiger partial charge in [0.25, 0.3) is 0 Å². The van der Waals surface area contributed by atoms with Crippen LogP contribution in [0.4, 0.5) is 0 Å². The molecule has 0 spiro atoms. The van der Waals surface area contributed by atoms with Crippen LogP contribution in [0.2, 0.25) is 0 Å². The fraction of sp³-hybridized carbons (Fsp3) is 0.667. The maximum atomic E-state index is 5.35. The molecule has 3 rings (SSSR count). The van der Waals surface area contributed by atoms with Gasteiger partial charge in [-0.05, 0) is 25.8 Å². The Morgan fingerprint density at radius 1 is 1.42 bits per heavy atom. The Hall–Kier alpha value is -0.830. The molecule has 1 aliphatic carbocycles. The quantitative estimate of drug-likeness (QED) is 0.677. The van der Waals surface area contributed by atoms with Crippen molar-refractivity contribution in [3.8, 4) is 0 Å². The first kappa shape index (κ1) is 6.66. The molecule has 64 valence electrons. The monoisotopic (exact) mass is 164 g/mol. The lowest BCUT2D eigenvalue weighted by atomic mass is 10.0. The van der Waals surface area contributed by atoms with E-state index in [1.165, 1.54) is 24.2 Å². The minimum atomic E-state index is 0.708. The summed E-state index contributed by atoms with van der Waals surface area (Å²) in [6, 6.07) is 0. The number of rotatable bonds is 1. The molecule has 3 nitrogen and oxygen atoms in total. The van der Waals surface area contributed by atoms with Gasteiger partial charge in [-0.1, -0.05) is 5.16 Å². The molecule has 0 aromatic carbocycles. The number of nitrogens with zero attached hydrogens (tertiary/aromatic N) is 1. The summed E-state index contributed by atoms with van der Waals surface area (Å²) in [5.74, 6) is 1.89. The third kappa shape index (κ3) is 0.894. The van der Waals surface area contributed by atoms with Crippen LogP contribution in [0.3, 0.4) is 0 Å². The zero-order valence-electron chi connectivity index (χ0n) is 6.97. The lowest BCUT2D eigenvalue weighted by Gasteiger charge is -2.10. The van der Waals surface area contributed by atoms with E-state index in [0.717, 1.165) is 25.2 Å². The van der Waals surface area contributed by atoms with E-state index in [0.29, 0.717) is 5.92 Å². The Balaban J connectivity index is 2.03. The number of hydrogen-bond acceptors (Lipinski definition) is 3. The Kier molecular flexibility index (Phi) is 1.29. The number of aromatic nitrogens is 1. The summed E-state index contributed by atoms with van der Waals surface area (Å²) in [6.45, 7) is 1.97. The number of fused-ring (bicyclic) bond motifs is 1. The first-order valence-corrected chi connectivity index (χ1v) is 4.63. The van der Waals surface area contributed by atoms with Crippen molar-refractivity contribution in [3.05, 3.63) is 17.0 Å². The van der Waals surface area contributed by atoms with Crippen molar-refractivity contribution in [3.63, 3.8) is 0 Å². The largest absolute Gasteiger partial charge is 0.360 e. The zero-order chi connectivity index (χ0) is 7.97. The fourth-order valence-electron chi connectivity index (χ4n) is 1.85. The van der Waals surface area contributed by atoms with Gasteiger partial charge in [-0.2, -0.15) is 0 Å². The molecule has 0 saturated heterocycles. The fourth-order valence-corrected chi connectivity index (χ4v) is 1.85. The third-order valence-corrected chi connectivity index (χ3v) is 2.69. The van der Waals surface area contributed by atoms with E-state index in [4.69, 9.17) is 4.52 Å². The van der Waals surface area contributed by atoms with Gasteiger partial charge < -0.3 is 9.84 Å². The van der Waals surface area contributed by atoms with Gasteiger partial charge in [-0.25, -0.2) is 0 Å². The molecule has 1 fully saturated rings. The van der Waals surface area contributed by atoms with E-state index in [-0.39, 0.29) is 0 Å². The van der Waals surface area contributed by atoms with Gasteiger partial charge in [0.15, 0.2) is 0 Å². The van der Waals surface area contributed by atoms with E-state index >= 15 is 0 Å². The number of hydrogen-bond donors (Lipinski definition) is 1. The highest BCUT2D eigenvalue weighted by Gasteiger charge is 2.32. The first-order chi connectivity index (χ1) is 5.95. The summed E-state index contributed by atoms with van der Waals surface area (Å²) in [6.07, 6.45) is 3.70. The second-order valence-electron chi connectivity index (χ2n) is 3.67. The first-order valence-electron chi connectivity index (χ1n) is 4.63. The zero-order valence-corrected chi connectivity index (χ0v) is 6.97. The summed E-state index contributed by atoms with van der Waals surface area (Å²) >= 11 is 0. The van der Waals surface area contributed by atoms with E-state index in [1.807, 2.05) is 0 Å². The average molecular weight is 164 g/mol. The molecule has 0 bridgehead atoms. The predicted octanol–water partition coefficient (Wildman–Crippen LogP) is 1.20. The molecule has 0 amide bonds. The summed E-state index contributed by atoms with van der Waals surface area (Å²) in [7, 11) is 0. The Morgan fingerprint density at radius 2 is 2.33 bits per heavy atom. The van der Waals surface area contributed by atoms with Gasteiger partial charge in [0.05, 0.1) is 0 Å². The van der Waals surface area contributed by atoms with Crippen LogP contribution < -0.4 is 5.32 Å². The average Bonchev–Trinajstić information content (AvgIpc) is 2.86. The molecular weight excluding hydrogens is 152 g/mol. The van der Waals surface area contributed by atoms with Crippen molar-refractivity contribution in [2.75, 3.05) is 6.54 Å². The second kappa shape index (κ2) is 2.33. The van der Waals surface area contributed by atoms with Crippen LogP contribution in [-0.4, -0.2) is 11.7 Å².